The summed E-state index contributed by atoms with van der Waals surface area (Å²) in [7, 11) is 2.98. The predicted molar refractivity (Wildman–Crippen MR) is 158 cm³/mol. The van der Waals surface area contributed by atoms with Crippen molar-refractivity contribution in [2.45, 2.75) is 31.4 Å². The van der Waals surface area contributed by atoms with Crippen molar-refractivity contribution in [3.8, 4) is 11.5 Å². The lowest BCUT2D eigenvalue weighted by Gasteiger charge is -2.43. The van der Waals surface area contributed by atoms with Gasteiger partial charge in [0.15, 0.2) is 0 Å². The van der Waals surface area contributed by atoms with Crippen LogP contribution in [0.3, 0.4) is 0 Å². The number of aliphatic hydroxyl groups is 1. The summed E-state index contributed by atoms with van der Waals surface area (Å²) in [5.74, 6) is 0.807. The fraction of sp³-hybridized carbons (Fsp3) is 0.375. The minimum absolute atomic E-state index is 0.233. The van der Waals surface area contributed by atoms with Crippen molar-refractivity contribution in [3.05, 3.63) is 83.9 Å². The third kappa shape index (κ3) is 6.01. The van der Waals surface area contributed by atoms with E-state index in [0.717, 1.165) is 50.2 Å². The molecular formula is C32H38N4O5. The molecule has 3 aromatic rings. The second-order valence-corrected chi connectivity index (χ2v) is 10.6. The number of fused-ring (bicyclic) bond motifs is 1. The lowest BCUT2D eigenvalue weighted by Crippen LogP contribution is -2.62. The fourth-order valence-corrected chi connectivity index (χ4v) is 5.80. The first kappa shape index (κ1) is 28.4. The van der Waals surface area contributed by atoms with Crippen molar-refractivity contribution in [1.29, 1.82) is 0 Å². The Morgan fingerprint density at radius 2 is 1.76 bits per heavy atom. The van der Waals surface area contributed by atoms with E-state index in [1.807, 2.05) is 0 Å². The van der Waals surface area contributed by atoms with Crippen LogP contribution in [0.25, 0.3) is 0 Å². The Bertz CT molecular complexity index is 1360. The van der Waals surface area contributed by atoms with Crippen LogP contribution in [0.1, 0.15) is 30.4 Å². The molecule has 9 nitrogen and oxygen atoms in total. The SMILES string of the molecule is COc1ccc(N2C(=O)Nc3ccccc3C2(O)C(=O)NCCCN2CCC(Cc3ccccc3)CC2)c(OC)c1. The Morgan fingerprint density at radius 3 is 2.49 bits per heavy atom. The molecule has 3 aromatic carbocycles. The Morgan fingerprint density at radius 1 is 1.02 bits per heavy atom. The molecule has 5 rings (SSSR count). The first-order valence-corrected chi connectivity index (χ1v) is 14.1. The first-order valence-electron chi connectivity index (χ1n) is 14.1. The van der Waals surface area contributed by atoms with Crippen LogP contribution in [0.4, 0.5) is 16.2 Å². The second kappa shape index (κ2) is 12.6. The Labute approximate surface area is 241 Å². The van der Waals surface area contributed by atoms with E-state index >= 15 is 0 Å². The second-order valence-electron chi connectivity index (χ2n) is 10.6. The van der Waals surface area contributed by atoms with Crippen LogP contribution in [0.15, 0.2) is 72.8 Å². The number of urea groups is 1. The lowest BCUT2D eigenvalue weighted by molar-refractivity contribution is -0.140. The summed E-state index contributed by atoms with van der Waals surface area (Å²) >= 11 is 0. The van der Waals surface area contributed by atoms with Gasteiger partial charge in [-0.3, -0.25) is 4.79 Å². The number of carbonyl (C=O) groups is 2. The van der Waals surface area contributed by atoms with Crippen LogP contribution < -0.4 is 25.0 Å². The van der Waals surface area contributed by atoms with Gasteiger partial charge in [0, 0.05) is 18.2 Å². The van der Waals surface area contributed by atoms with Crippen LogP contribution in [-0.2, 0) is 16.9 Å². The maximum absolute atomic E-state index is 13.7. The minimum Gasteiger partial charge on any atom is -0.497 e. The zero-order valence-electron chi connectivity index (χ0n) is 23.6. The number of anilines is 2. The molecule has 2 aliphatic rings. The third-order valence-electron chi connectivity index (χ3n) is 8.03. The Balaban J connectivity index is 1.24. The number of ether oxygens (including phenoxy) is 2. The minimum atomic E-state index is -2.30. The number of para-hydroxylation sites is 1. The van der Waals surface area contributed by atoms with Gasteiger partial charge in [0.2, 0.25) is 0 Å². The summed E-state index contributed by atoms with van der Waals surface area (Å²) in [6, 6.07) is 21.6. The maximum atomic E-state index is 13.7. The predicted octanol–water partition coefficient (Wildman–Crippen LogP) is 4.36. The number of likely N-dealkylation sites (tertiary alicyclic amines) is 1. The van der Waals surface area contributed by atoms with Gasteiger partial charge in [-0.2, -0.15) is 0 Å². The molecule has 1 saturated heterocycles. The van der Waals surface area contributed by atoms with E-state index in [9.17, 15) is 14.7 Å². The number of nitrogens with zero attached hydrogens (tertiary/aromatic N) is 2. The molecule has 0 spiro atoms. The van der Waals surface area contributed by atoms with Crippen LogP contribution in [-0.4, -0.2) is 62.3 Å². The largest absolute Gasteiger partial charge is 0.497 e. The molecule has 0 aromatic heterocycles. The van der Waals surface area contributed by atoms with Gasteiger partial charge in [0.05, 0.1) is 25.6 Å². The smallest absolute Gasteiger partial charge is 0.329 e. The van der Waals surface area contributed by atoms with Gasteiger partial charge < -0.3 is 30.1 Å². The number of hydrogen-bond donors (Lipinski definition) is 3. The summed E-state index contributed by atoms with van der Waals surface area (Å²) < 4.78 is 10.8. The molecule has 41 heavy (non-hydrogen) atoms. The van der Waals surface area contributed by atoms with Gasteiger partial charge in [0.25, 0.3) is 11.6 Å². The van der Waals surface area contributed by atoms with Gasteiger partial charge >= 0.3 is 6.03 Å². The monoisotopic (exact) mass is 558 g/mol. The molecule has 216 valence electrons. The van der Waals surface area contributed by atoms with Crippen LogP contribution >= 0.6 is 0 Å². The molecule has 2 aliphatic heterocycles. The van der Waals surface area contributed by atoms with Crippen molar-refractivity contribution in [2.75, 3.05) is 50.6 Å². The number of amides is 3. The van der Waals surface area contributed by atoms with Crippen molar-refractivity contribution < 1.29 is 24.2 Å². The highest BCUT2D eigenvalue weighted by Crippen LogP contribution is 2.43. The topological polar surface area (TPSA) is 103 Å². The number of rotatable bonds is 10. The van der Waals surface area contributed by atoms with Gasteiger partial charge in [0.1, 0.15) is 11.5 Å². The van der Waals surface area contributed by atoms with E-state index < -0.39 is 17.7 Å². The van der Waals surface area contributed by atoms with E-state index in [0.29, 0.717) is 23.9 Å². The van der Waals surface area contributed by atoms with Crippen molar-refractivity contribution >= 4 is 23.3 Å². The molecule has 0 aliphatic carbocycles. The van der Waals surface area contributed by atoms with Crippen molar-refractivity contribution in [1.82, 2.24) is 10.2 Å². The van der Waals surface area contributed by atoms with Crippen molar-refractivity contribution in [2.24, 2.45) is 5.92 Å². The van der Waals surface area contributed by atoms with E-state index in [1.54, 1.807) is 42.5 Å². The van der Waals surface area contributed by atoms with Crippen LogP contribution in [0, 0.1) is 5.92 Å². The van der Waals surface area contributed by atoms with Gasteiger partial charge in [-0.1, -0.05) is 48.5 Å². The zero-order valence-corrected chi connectivity index (χ0v) is 23.6. The molecule has 9 heteroatoms. The molecule has 0 radical (unpaired) electrons. The number of hydrogen-bond acceptors (Lipinski definition) is 6. The maximum Gasteiger partial charge on any atom is 0.329 e. The van der Waals surface area contributed by atoms with Gasteiger partial charge in [-0.05, 0) is 75.0 Å². The van der Waals surface area contributed by atoms with E-state index in [4.69, 9.17) is 9.47 Å². The zero-order chi connectivity index (χ0) is 28.8. The standard InChI is InChI=1S/C32H38N4O5/c1-40-25-13-14-28(29(22-25)41-2)36-31(38)34-27-12-7-6-11-26(27)32(36,39)30(37)33-17-8-18-35-19-15-24(16-20-35)21-23-9-4-3-5-10-23/h3-7,9-14,22,24,39H,8,15-21H2,1-2H3,(H,33,37)(H,34,38). The molecular weight excluding hydrogens is 520 g/mol. The first-order chi connectivity index (χ1) is 19.9. The van der Waals surface area contributed by atoms with Crippen LogP contribution in [0.2, 0.25) is 0 Å². The summed E-state index contributed by atoms with van der Waals surface area (Å²) in [6.45, 7) is 3.29. The molecule has 0 bridgehead atoms. The quantitative estimate of drug-likeness (QED) is 0.320. The van der Waals surface area contributed by atoms with Crippen molar-refractivity contribution in [3.63, 3.8) is 0 Å². The third-order valence-corrected chi connectivity index (χ3v) is 8.03. The number of nitrogens with one attached hydrogen (secondary N) is 2. The van der Waals surface area contributed by atoms with E-state index in [1.165, 1.54) is 19.8 Å². The molecule has 1 unspecified atom stereocenters. The summed E-state index contributed by atoms with van der Waals surface area (Å²) in [5.41, 5.74) is -0.0220. The van der Waals surface area contributed by atoms with Gasteiger partial charge in [-0.15, -0.1) is 0 Å². The average molecular weight is 559 g/mol. The Hall–Kier alpha value is -4.08. The Kier molecular flexibility index (Phi) is 8.75. The highest BCUT2D eigenvalue weighted by molar-refractivity contribution is 6.12. The number of carbonyl (C=O) groups excluding carboxylic acids is 2. The summed E-state index contributed by atoms with van der Waals surface area (Å²) in [5, 5.41) is 17.7. The summed E-state index contributed by atoms with van der Waals surface area (Å²) in [4.78, 5) is 30.6. The van der Waals surface area contributed by atoms with Gasteiger partial charge in [-0.25, -0.2) is 9.69 Å². The van der Waals surface area contributed by atoms with E-state index in [-0.39, 0.29) is 17.0 Å². The molecule has 3 N–H and O–H groups in total. The summed E-state index contributed by atoms with van der Waals surface area (Å²) in [6.07, 6.45) is 4.16. The van der Waals surface area contributed by atoms with Crippen LogP contribution in [0.5, 0.6) is 11.5 Å². The average Bonchev–Trinajstić information content (AvgIpc) is 3.00. The fourth-order valence-electron chi connectivity index (χ4n) is 5.80. The highest BCUT2D eigenvalue weighted by Gasteiger charge is 2.52. The molecule has 2 heterocycles. The highest BCUT2D eigenvalue weighted by atomic mass is 16.5. The normalized spacial score (nSPS) is 19.3. The molecule has 1 atom stereocenters. The number of methoxy groups -OCH3 is 2. The number of piperidine rings is 1. The molecule has 0 saturated carbocycles. The van der Waals surface area contributed by atoms with E-state index in [2.05, 4.69) is 45.9 Å². The molecule has 1 fully saturated rings. The number of benzene rings is 3. The molecule has 3 amide bonds. The lowest BCUT2D eigenvalue weighted by atomic mass is 9.90.